The van der Waals surface area contributed by atoms with Crippen molar-refractivity contribution in [2.24, 2.45) is 0 Å². The highest BCUT2D eigenvalue weighted by atomic mass is 79.9. The van der Waals surface area contributed by atoms with Crippen molar-refractivity contribution in [3.05, 3.63) is 59.7 Å². The molecule has 0 fully saturated rings. The number of aliphatic hydroxyl groups is 1. The predicted molar refractivity (Wildman–Crippen MR) is 123 cm³/mol. The fraction of sp³-hybridized carbons (Fsp3) is 0.400. The van der Waals surface area contributed by atoms with Crippen LogP contribution in [-0.4, -0.2) is 64.0 Å². The van der Waals surface area contributed by atoms with Crippen molar-refractivity contribution in [1.82, 2.24) is 0 Å². The smallest absolute Gasteiger partial charge is 0.423 e. The summed E-state index contributed by atoms with van der Waals surface area (Å²) in [6, 6.07) is 13.1. The molecule has 0 spiro atoms. The normalized spacial score (nSPS) is 13.0. The van der Waals surface area contributed by atoms with E-state index < -0.39 is 38.8 Å². The molecule has 35 heavy (non-hydrogen) atoms. The van der Waals surface area contributed by atoms with Crippen LogP contribution in [0.4, 0.5) is 26.3 Å². The first-order valence-electron chi connectivity index (χ1n) is 9.88. The van der Waals surface area contributed by atoms with E-state index >= 15 is 0 Å². The number of benzene rings is 2. The van der Waals surface area contributed by atoms with Crippen molar-refractivity contribution in [2.45, 2.75) is 50.3 Å². The third-order valence-electron chi connectivity index (χ3n) is 4.09. The van der Waals surface area contributed by atoms with Gasteiger partial charge in [-0.2, -0.15) is 26.3 Å². The number of halogens is 7. The molecule has 0 unspecified atom stereocenters. The molecule has 5 N–H and O–H groups in total. The first-order chi connectivity index (χ1) is 16.0. The Bertz CT molecular complexity index is 868. The van der Waals surface area contributed by atoms with Crippen LogP contribution >= 0.6 is 15.9 Å². The average molecular weight is 577 g/mol. The maximum absolute atomic E-state index is 12.2. The molecule has 2 aromatic carbocycles. The third kappa shape index (κ3) is 14.5. The van der Waals surface area contributed by atoms with Gasteiger partial charge >= 0.3 is 26.6 Å². The number of aliphatic hydroxyl groups excluding tert-OH is 1. The second-order valence-corrected chi connectivity index (χ2v) is 7.64. The number of hydrogen-bond acceptors (Lipinski definition) is 6. The zero-order chi connectivity index (χ0) is 27.4. The number of alkyl halides is 7. The van der Waals surface area contributed by atoms with Crippen molar-refractivity contribution in [1.29, 1.82) is 0 Å². The summed E-state index contributed by atoms with van der Waals surface area (Å²) in [6.45, 7) is 1.37. The predicted octanol–water partition coefficient (Wildman–Crippen LogP) is 2.02. The Morgan fingerprint density at radius 3 is 1.54 bits per heavy atom. The second-order valence-electron chi connectivity index (χ2n) is 7.08. The molecule has 2 rings (SSSR count). The van der Waals surface area contributed by atoms with Crippen LogP contribution in [0.1, 0.15) is 25.0 Å². The first kappa shape index (κ1) is 33.4. The molecular weight excluding hydrogens is 552 g/mol. The van der Waals surface area contributed by atoms with E-state index in [-0.39, 0.29) is 12.1 Å². The minimum atomic E-state index is -4.44. The molecule has 0 aliphatic rings. The highest BCUT2D eigenvalue weighted by Gasteiger charge is 2.37. The summed E-state index contributed by atoms with van der Waals surface area (Å²) in [4.78, 5) is 0. The molecule has 0 aliphatic carbocycles. The molecule has 15 heteroatoms. The molecule has 0 heterocycles. The standard InChI is InChI=1S/C10H12BF3O3.C7H8BBrO2.C3H5F3O/c1-7(10(12,13)14)17-6-8-3-2-4-9(5-8)11(15)16;9-5-6-2-1-3-7(4-6)8(10)11;1-2(7)3(4,5)6/h2-5,7,15-16H,6H2,1H3;1-4,10-11H,5H2;2,7H,1H3/t7-;;2-/m1.1/s1. The van der Waals surface area contributed by atoms with Gasteiger partial charge in [0, 0.05) is 5.33 Å². The van der Waals surface area contributed by atoms with E-state index in [0.29, 0.717) is 17.9 Å². The Kier molecular flexibility index (Phi) is 14.8. The monoisotopic (exact) mass is 576 g/mol. The van der Waals surface area contributed by atoms with Gasteiger partial charge in [-0.1, -0.05) is 64.5 Å². The molecular formula is C20H25B2BrF6O6. The maximum Gasteiger partial charge on any atom is 0.488 e. The van der Waals surface area contributed by atoms with Gasteiger partial charge in [-0.15, -0.1) is 0 Å². The number of hydrogen-bond donors (Lipinski definition) is 5. The van der Waals surface area contributed by atoms with Crippen LogP contribution in [0.5, 0.6) is 0 Å². The van der Waals surface area contributed by atoms with Gasteiger partial charge < -0.3 is 29.9 Å². The van der Waals surface area contributed by atoms with Crippen molar-refractivity contribution < 1.29 is 56.3 Å². The zero-order valence-electron chi connectivity index (χ0n) is 18.6. The van der Waals surface area contributed by atoms with Crippen LogP contribution in [0.3, 0.4) is 0 Å². The van der Waals surface area contributed by atoms with Gasteiger partial charge in [-0.05, 0) is 35.9 Å². The Labute approximate surface area is 207 Å². The summed E-state index contributed by atoms with van der Waals surface area (Å²) >= 11 is 3.28. The van der Waals surface area contributed by atoms with Gasteiger partial charge in [0.05, 0.1) is 6.61 Å². The third-order valence-corrected chi connectivity index (χ3v) is 4.73. The lowest BCUT2D eigenvalue weighted by Gasteiger charge is -2.16. The molecule has 2 aromatic rings. The highest BCUT2D eigenvalue weighted by Crippen LogP contribution is 2.23. The molecule has 0 saturated heterocycles. The van der Waals surface area contributed by atoms with Gasteiger partial charge in [0.1, 0.15) is 6.10 Å². The maximum atomic E-state index is 12.2. The van der Waals surface area contributed by atoms with E-state index in [0.717, 1.165) is 17.8 Å². The van der Waals surface area contributed by atoms with E-state index in [1.165, 1.54) is 18.2 Å². The van der Waals surface area contributed by atoms with Crippen LogP contribution in [0.15, 0.2) is 48.5 Å². The fourth-order valence-electron chi connectivity index (χ4n) is 2.00. The lowest BCUT2D eigenvalue weighted by molar-refractivity contribution is -0.217. The Hall–Kier alpha value is -1.61. The Balaban J connectivity index is 0.000000550. The lowest BCUT2D eigenvalue weighted by atomic mass is 9.80. The van der Waals surface area contributed by atoms with E-state index in [2.05, 4.69) is 20.7 Å². The summed E-state index contributed by atoms with van der Waals surface area (Å²) in [6.07, 6.45) is -12.9. The summed E-state index contributed by atoms with van der Waals surface area (Å²) in [5.41, 5.74) is 2.23. The molecule has 0 bridgehead atoms. The molecule has 2 atom stereocenters. The molecule has 196 valence electrons. The highest BCUT2D eigenvalue weighted by molar-refractivity contribution is 9.08. The molecule has 0 amide bonds. The summed E-state index contributed by atoms with van der Waals surface area (Å²) in [7, 11) is -3.01. The van der Waals surface area contributed by atoms with Crippen LogP contribution in [0, 0.1) is 0 Å². The number of rotatable bonds is 6. The lowest BCUT2D eigenvalue weighted by Crippen LogP contribution is -2.30. The molecule has 0 saturated carbocycles. The average Bonchev–Trinajstić information content (AvgIpc) is 2.77. The van der Waals surface area contributed by atoms with Crippen LogP contribution < -0.4 is 10.9 Å². The summed E-state index contributed by atoms with van der Waals surface area (Å²) in [5, 5.41) is 43.8. The van der Waals surface area contributed by atoms with E-state index in [4.69, 9.17) is 25.2 Å². The largest absolute Gasteiger partial charge is 0.488 e. The minimum absolute atomic E-state index is 0.214. The summed E-state index contributed by atoms with van der Waals surface area (Å²) < 4.78 is 73.9. The Morgan fingerprint density at radius 2 is 1.20 bits per heavy atom. The molecule has 6 nitrogen and oxygen atoms in total. The quantitative estimate of drug-likeness (QED) is 0.205. The zero-order valence-corrected chi connectivity index (χ0v) is 20.2. The van der Waals surface area contributed by atoms with Gasteiger partial charge in [0.2, 0.25) is 0 Å². The van der Waals surface area contributed by atoms with Crippen molar-refractivity contribution in [3.8, 4) is 0 Å². The summed E-state index contributed by atoms with van der Waals surface area (Å²) in [5.74, 6) is 0. The fourth-order valence-corrected chi connectivity index (χ4v) is 2.34. The van der Waals surface area contributed by atoms with Gasteiger partial charge in [-0.3, -0.25) is 0 Å². The van der Waals surface area contributed by atoms with E-state index in [9.17, 15) is 26.3 Å². The molecule has 0 aromatic heterocycles. The van der Waals surface area contributed by atoms with Crippen LogP contribution in [-0.2, 0) is 16.7 Å². The van der Waals surface area contributed by atoms with E-state index in [1.807, 2.05) is 6.07 Å². The van der Waals surface area contributed by atoms with Gasteiger partial charge in [0.25, 0.3) is 0 Å². The van der Waals surface area contributed by atoms with Gasteiger partial charge in [-0.25, -0.2) is 0 Å². The number of ether oxygens (including phenoxy) is 1. The van der Waals surface area contributed by atoms with Crippen molar-refractivity contribution in [2.75, 3.05) is 0 Å². The van der Waals surface area contributed by atoms with Crippen LogP contribution in [0.25, 0.3) is 0 Å². The first-order valence-corrected chi connectivity index (χ1v) is 11.0. The van der Waals surface area contributed by atoms with Crippen molar-refractivity contribution >= 4 is 41.1 Å². The van der Waals surface area contributed by atoms with Gasteiger partial charge in [0.15, 0.2) is 6.10 Å². The Morgan fingerprint density at radius 1 is 0.800 bits per heavy atom. The molecule has 0 radical (unpaired) electrons. The SMILES string of the molecule is C[C@@H](O)C(F)(F)F.C[C@@H](OCc1cccc(B(O)O)c1)C(F)(F)F.OB(O)c1cccc(CBr)c1. The molecule has 0 aliphatic heterocycles. The van der Waals surface area contributed by atoms with E-state index in [1.54, 1.807) is 24.3 Å². The minimum Gasteiger partial charge on any atom is -0.423 e. The van der Waals surface area contributed by atoms with Crippen molar-refractivity contribution in [3.63, 3.8) is 0 Å². The van der Waals surface area contributed by atoms with Crippen LogP contribution in [0.2, 0.25) is 0 Å². The second kappa shape index (κ2) is 15.5. The topological polar surface area (TPSA) is 110 Å².